The molecule has 0 aliphatic rings. The maximum Gasteiger partial charge on any atom is 0.0845 e. The molecule has 0 aliphatic carbocycles. The highest BCUT2D eigenvalue weighted by atomic mass is 79.9. The van der Waals surface area contributed by atoms with Gasteiger partial charge in [0.15, 0.2) is 0 Å². The summed E-state index contributed by atoms with van der Waals surface area (Å²) in [5.41, 5.74) is 2.81. The minimum atomic E-state index is -0.550. The third kappa shape index (κ3) is 4.13. The average Bonchev–Trinajstić information content (AvgIpc) is 2.42. The number of nitrogens with zero attached hydrogens (tertiary/aromatic N) is 1. The quantitative estimate of drug-likeness (QED) is 0.919. The lowest BCUT2D eigenvalue weighted by molar-refractivity contribution is 0.174. The molecule has 0 spiro atoms. The zero-order valence-electron chi connectivity index (χ0n) is 10.7. The summed E-state index contributed by atoms with van der Waals surface area (Å²) in [5.74, 6) is 0. The van der Waals surface area contributed by atoms with Crippen LogP contribution >= 0.6 is 15.9 Å². The monoisotopic (exact) mass is 321 g/mol. The molecule has 3 nitrogen and oxygen atoms in total. The van der Waals surface area contributed by atoms with Crippen LogP contribution in [0.25, 0.3) is 0 Å². The minimum Gasteiger partial charge on any atom is -0.388 e. The summed E-state index contributed by atoms with van der Waals surface area (Å²) in [6, 6.07) is 11.6. The number of hydrogen-bond donors (Lipinski definition) is 1. The van der Waals surface area contributed by atoms with Gasteiger partial charge < -0.3 is 9.84 Å². The van der Waals surface area contributed by atoms with Crippen LogP contribution in [-0.2, 0) is 17.8 Å². The summed E-state index contributed by atoms with van der Waals surface area (Å²) in [6.45, 7) is 0.553. The Balaban J connectivity index is 2.08. The number of ether oxygens (including phenoxy) is 1. The standard InChI is InChI=1S/C15H16BrNO2/c1-19-10-11-3-2-4-12(7-11)15(18)8-14-6-5-13(16)9-17-14/h2-7,9,15,18H,8,10H2,1H3. The molecule has 2 aromatic rings. The second-order valence-electron chi connectivity index (χ2n) is 4.37. The number of rotatable bonds is 5. The summed E-state index contributed by atoms with van der Waals surface area (Å²) in [5, 5.41) is 10.2. The number of aliphatic hydroxyl groups excluding tert-OH is 1. The largest absolute Gasteiger partial charge is 0.388 e. The number of aromatic nitrogens is 1. The van der Waals surface area contributed by atoms with E-state index in [1.54, 1.807) is 13.3 Å². The smallest absolute Gasteiger partial charge is 0.0845 e. The van der Waals surface area contributed by atoms with Crippen molar-refractivity contribution in [2.24, 2.45) is 0 Å². The highest BCUT2D eigenvalue weighted by Gasteiger charge is 2.10. The molecule has 4 heteroatoms. The van der Waals surface area contributed by atoms with Crippen molar-refractivity contribution in [3.05, 3.63) is 63.9 Å². The van der Waals surface area contributed by atoms with Crippen molar-refractivity contribution in [2.45, 2.75) is 19.1 Å². The predicted octanol–water partition coefficient (Wildman–Crippen LogP) is 3.27. The first-order chi connectivity index (χ1) is 9.19. The fraction of sp³-hybridized carbons (Fsp3) is 0.267. The van der Waals surface area contributed by atoms with Gasteiger partial charge in [-0.1, -0.05) is 24.3 Å². The van der Waals surface area contributed by atoms with Crippen LogP contribution in [-0.4, -0.2) is 17.2 Å². The van der Waals surface area contributed by atoms with Gasteiger partial charge in [0.05, 0.1) is 12.7 Å². The molecule has 100 valence electrons. The molecule has 1 N–H and O–H groups in total. The molecule has 0 aliphatic heterocycles. The first-order valence-electron chi connectivity index (χ1n) is 6.05. The van der Waals surface area contributed by atoms with Crippen LogP contribution in [0, 0.1) is 0 Å². The second-order valence-corrected chi connectivity index (χ2v) is 5.28. The summed E-state index contributed by atoms with van der Waals surface area (Å²) < 4.78 is 6.03. The van der Waals surface area contributed by atoms with Crippen molar-refractivity contribution in [1.29, 1.82) is 0 Å². The number of hydrogen-bond acceptors (Lipinski definition) is 3. The van der Waals surface area contributed by atoms with Crippen LogP contribution in [0.2, 0.25) is 0 Å². The molecule has 0 fully saturated rings. The van der Waals surface area contributed by atoms with E-state index in [2.05, 4.69) is 20.9 Å². The van der Waals surface area contributed by atoms with Gasteiger partial charge in [-0.3, -0.25) is 4.98 Å². The zero-order chi connectivity index (χ0) is 13.7. The summed E-state index contributed by atoms with van der Waals surface area (Å²) in [6.07, 6.45) is 1.69. The SMILES string of the molecule is COCc1cccc(C(O)Cc2ccc(Br)cn2)c1. The summed E-state index contributed by atoms with van der Waals surface area (Å²) in [7, 11) is 1.66. The van der Waals surface area contributed by atoms with Crippen molar-refractivity contribution >= 4 is 15.9 Å². The third-order valence-corrected chi connectivity index (χ3v) is 3.31. The summed E-state index contributed by atoms with van der Waals surface area (Å²) >= 11 is 3.34. The molecule has 1 heterocycles. The van der Waals surface area contributed by atoms with Crippen LogP contribution < -0.4 is 0 Å². The predicted molar refractivity (Wildman–Crippen MR) is 77.8 cm³/mol. The number of aliphatic hydroxyl groups is 1. The molecule has 0 bridgehead atoms. The fourth-order valence-corrected chi connectivity index (χ4v) is 2.13. The van der Waals surface area contributed by atoms with Gasteiger partial charge in [-0.25, -0.2) is 0 Å². The zero-order valence-corrected chi connectivity index (χ0v) is 12.3. The first-order valence-corrected chi connectivity index (χ1v) is 6.84. The molecular formula is C15H16BrNO2. The Morgan fingerprint density at radius 3 is 2.84 bits per heavy atom. The molecule has 0 amide bonds. The van der Waals surface area contributed by atoms with Gasteiger partial charge in [-0.2, -0.15) is 0 Å². The Bertz CT molecular complexity index is 528. The van der Waals surface area contributed by atoms with Crippen molar-refractivity contribution in [2.75, 3.05) is 7.11 Å². The van der Waals surface area contributed by atoms with Crippen LogP contribution in [0.4, 0.5) is 0 Å². The van der Waals surface area contributed by atoms with E-state index < -0.39 is 6.10 Å². The van der Waals surface area contributed by atoms with E-state index in [4.69, 9.17) is 4.74 Å². The lowest BCUT2D eigenvalue weighted by Gasteiger charge is -2.12. The minimum absolute atomic E-state index is 0.504. The Hall–Kier alpha value is -1.23. The number of halogens is 1. The summed E-state index contributed by atoms with van der Waals surface area (Å²) in [4.78, 5) is 4.27. The maximum absolute atomic E-state index is 10.2. The number of pyridine rings is 1. The molecule has 1 unspecified atom stereocenters. The highest BCUT2D eigenvalue weighted by Crippen LogP contribution is 2.19. The van der Waals surface area contributed by atoms with Crippen LogP contribution in [0.5, 0.6) is 0 Å². The second kappa shape index (κ2) is 6.80. The molecule has 0 radical (unpaired) electrons. The van der Waals surface area contributed by atoms with Crippen molar-refractivity contribution in [3.8, 4) is 0 Å². The molecule has 1 aromatic heterocycles. The van der Waals surface area contributed by atoms with Crippen molar-refractivity contribution in [3.63, 3.8) is 0 Å². The van der Waals surface area contributed by atoms with E-state index in [-0.39, 0.29) is 0 Å². The first kappa shape index (κ1) is 14.2. The van der Waals surface area contributed by atoms with Gasteiger partial charge in [0, 0.05) is 29.9 Å². The lowest BCUT2D eigenvalue weighted by Crippen LogP contribution is -2.04. The Morgan fingerprint density at radius 1 is 1.32 bits per heavy atom. The van der Waals surface area contributed by atoms with Gasteiger partial charge in [-0.15, -0.1) is 0 Å². The molecule has 0 saturated carbocycles. The molecule has 0 saturated heterocycles. The average molecular weight is 322 g/mol. The van der Waals surface area contributed by atoms with Gasteiger partial charge in [-0.05, 0) is 39.2 Å². The molecule has 2 rings (SSSR count). The Labute approximate surface area is 121 Å². The topological polar surface area (TPSA) is 42.4 Å². The molecular weight excluding hydrogens is 306 g/mol. The normalized spacial score (nSPS) is 12.4. The van der Waals surface area contributed by atoms with E-state index in [9.17, 15) is 5.11 Å². The maximum atomic E-state index is 10.2. The Morgan fingerprint density at radius 2 is 2.16 bits per heavy atom. The number of methoxy groups -OCH3 is 1. The molecule has 19 heavy (non-hydrogen) atoms. The highest BCUT2D eigenvalue weighted by molar-refractivity contribution is 9.10. The molecule has 1 atom stereocenters. The van der Waals surface area contributed by atoms with Gasteiger partial charge in [0.25, 0.3) is 0 Å². The van der Waals surface area contributed by atoms with Gasteiger partial charge in [0.2, 0.25) is 0 Å². The van der Waals surface area contributed by atoms with Crippen molar-refractivity contribution < 1.29 is 9.84 Å². The molecule has 1 aromatic carbocycles. The van der Waals surface area contributed by atoms with E-state index >= 15 is 0 Å². The Kier molecular flexibility index (Phi) is 5.07. The van der Waals surface area contributed by atoms with Crippen LogP contribution in [0.15, 0.2) is 47.1 Å². The fourth-order valence-electron chi connectivity index (χ4n) is 1.90. The van der Waals surface area contributed by atoms with E-state index in [0.29, 0.717) is 13.0 Å². The van der Waals surface area contributed by atoms with Crippen LogP contribution in [0.1, 0.15) is 22.9 Å². The lowest BCUT2D eigenvalue weighted by atomic mass is 10.0. The van der Waals surface area contributed by atoms with Crippen LogP contribution in [0.3, 0.4) is 0 Å². The third-order valence-electron chi connectivity index (χ3n) is 2.84. The van der Waals surface area contributed by atoms with Gasteiger partial charge >= 0.3 is 0 Å². The van der Waals surface area contributed by atoms with Gasteiger partial charge in [0.1, 0.15) is 0 Å². The number of benzene rings is 1. The van der Waals surface area contributed by atoms with Crippen molar-refractivity contribution in [1.82, 2.24) is 4.98 Å². The van der Waals surface area contributed by atoms with E-state index in [0.717, 1.165) is 21.3 Å². The van der Waals surface area contributed by atoms with E-state index in [1.165, 1.54) is 0 Å². The van der Waals surface area contributed by atoms with E-state index in [1.807, 2.05) is 36.4 Å².